The van der Waals surface area contributed by atoms with Crippen molar-refractivity contribution in [2.75, 3.05) is 0 Å². The maximum absolute atomic E-state index is 12.9. The summed E-state index contributed by atoms with van der Waals surface area (Å²) >= 11 is 0. The highest BCUT2D eigenvalue weighted by molar-refractivity contribution is 5.94. The Kier molecular flexibility index (Phi) is 5.44. The van der Waals surface area contributed by atoms with E-state index in [-0.39, 0.29) is 17.5 Å². The van der Waals surface area contributed by atoms with Crippen LogP contribution in [-0.4, -0.2) is 21.2 Å². The number of fused-ring (bicyclic) bond motifs is 1. The lowest BCUT2D eigenvalue weighted by atomic mass is 10.0. The molecule has 1 N–H and O–H groups in total. The van der Waals surface area contributed by atoms with Gasteiger partial charge in [0.15, 0.2) is 11.5 Å². The molecule has 3 aromatic carbocycles. The van der Waals surface area contributed by atoms with Crippen LogP contribution in [0.25, 0.3) is 33.5 Å². The third-order valence-electron chi connectivity index (χ3n) is 5.47. The summed E-state index contributed by atoms with van der Waals surface area (Å²) in [7, 11) is 0. The van der Waals surface area contributed by atoms with E-state index in [2.05, 4.69) is 20.6 Å². The predicted molar refractivity (Wildman–Crippen MR) is 124 cm³/mol. The fraction of sp³-hybridized carbons (Fsp3) is 0.154. The molecule has 0 aliphatic rings. The van der Waals surface area contributed by atoms with Gasteiger partial charge >= 0.3 is 0 Å². The fourth-order valence-corrected chi connectivity index (χ4v) is 3.66. The molecule has 0 bridgehead atoms. The molecule has 7 nitrogen and oxygen atoms in total. The van der Waals surface area contributed by atoms with Crippen molar-refractivity contribution < 1.29 is 13.8 Å². The lowest BCUT2D eigenvalue weighted by Crippen LogP contribution is -2.32. The van der Waals surface area contributed by atoms with Crippen LogP contribution in [-0.2, 0) is 0 Å². The number of hydrogen-bond acceptors (Lipinski definition) is 6. The first kappa shape index (κ1) is 20.6. The van der Waals surface area contributed by atoms with Gasteiger partial charge in [-0.15, -0.1) is 0 Å². The first-order valence-corrected chi connectivity index (χ1v) is 10.7. The van der Waals surface area contributed by atoms with Crippen LogP contribution >= 0.6 is 0 Å². The van der Waals surface area contributed by atoms with Crippen molar-refractivity contribution in [2.45, 2.75) is 19.9 Å². The summed E-state index contributed by atoms with van der Waals surface area (Å²) < 4.78 is 10.9. The topological polar surface area (TPSA) is 94.1 Å². The Morgan fingerprint density at radius 1 is 0.818 bits per heavy atom. The van der Waals surface area contributed by atoms with Gasteiger partial charge < -0.3 is 14.4 Å². The molecule has 1 atom stereocenters. The molecule has 7 heteroatoms. The maximum Gasteiger partial charge on any atom is 0.274 e. The Bertz CT molecular complexity index is 1410. The summed E-state index contributed by atoms with van der Waals surface area (Å²) in [6, 6.07) is 24.8. The highest BCUT2D eigenvalue weighted by Crippen LogP contribution is 2.27. The molecule has 0 fully saturated rings. The average Bonchev–Trinajstić information content (AvgIpc) is 3.53. The minimum Gasteiger partial charge on any atom is -0.355 e. The van der Waals surface area contributed by atoms with Gasteiger partial charge in [0, 0.05) is 17.2 Å². The molecular weight excluding hydrogens is 416 g/mol. The Morgan fingerprint density at radius 2 is 1.58 bits per heavy atom. The normalized spacial score (nSPS) is 12.2. The third-order valence-corrected chi connectivity index (χ3v) is 5.47. The Hall–Kier alpha value is -4.26. The summed E-state index contributed by atoms with van der Waals surface area (Å²) in [5.41, 5.74) is 1.88. The number of hydrogen-bond donors (Lipinski definition) is 1. The van der Waals surface area contributed by atoms with Crippen LogP contribution in [0.2, 0.25) is 0 Å². The van der Waals surface area contributed by atoms with E-state index in [1.807, 2.05) is 86.6 Å². The molecule has 164 valence electrons. The minimum atomic E-state index is -0.469. The molecule has 0 spiro atoms. The van der Waals surface area contributed by atoms with Crippen LogP contribution in [0.4, 0.5) is 0 Å². The number of benzene rings is 3. The van der Waals surface area contributed by atoms with Crippen LogP contribution in [0.3, 0.4) is 0 Å². The molecule has 5 aromatic rings. The lowest BCUT2D eigenvalue weighted by molar-refractivity contribution is 0.0904. The number of aromatic nitrogens is 3. The van der Waals surface area contributed by atoms with Crippen LogP contribution in [0.5, 0.6) is 0 Å². The van der Waals surface area contributed by atoms with Gasteiger partial charge in [-0.05, 0) is 22.8 Å². The highest BCUT2D eigenvalue weighted by atomic mass is 16.5. The molecule has 0 aliphatic heterocycles. The van der Waals surface area contributed by atoms with Gasteiger partial charge in [0.1, 0.15) is 6.04 Å². The van der Waals surface area contributed by atoms with Crippen molar-refractivity contribution >= 4 is 16.7 Å². The van der Waals surface area contributed by atoms with Gasteiger partial charge in [-0.25, -0.2) is 0 Å². The van der Waals surface area contributed by atoms with E-state index in [9.17, 15) is 4.79 Å². The second kappa shape index (κ2) is 8.70. The van der Waals surface area contributed by atoms with Gasteiger partial charge in [0.05, 0.1) is 0 Å². The van der Waals surface area contributed by atoms with E-state index in [0.717, 1.165) is 21.9 Å². The lowest BCUT2D eigenvalue weighted by Gasteiger charge is -2.17. The Labute approximate surface area is 190 Å². The average molecular weight is 438 g/mol. The zero-order chi connectivity index (χ0) is 22.8. The van der Waals surface area contributed by atoms with Crippen LogP contribution < -0.4 is 5.32 Å². The molecule has 5 rings (SSSR count). The zero-order valence-corrected chi connectivity index (χ0v) is 18.2. The summed E-state index contributed by atoms with van der Waals surface area (Å²) in [6.45, 7) is 3.95. The quantitative estimate of drug-likeness (QED) is 0.367. The van der Waals surface area contributed by atoms with Gasteiger partial charge in [-0.2, -0.15) is 4.98 Å². The van der Waals surface area contributed by atoms with E-state index in [4.69, 9.17) is 9.05 Å². The third kappa shape index (κ3) is 4.25. The van der Waals surface area contributed by atoms with Gasteiger partial charge in [-0.3, -0.25) is 4.79 Å². The largest absolute Gasteiger partial charge is 0.355 e. The van der Waals surface area contributed by atoms with Gasteiger partial charge in [0.25, 0.3) is 5.91 Å². The van der Waals surface area contributed by atoms with E-state index < -0.39 is 6.04 Å². The van der Waals surface area contributed by atoms with Gasteiger partial charge in [0.2, 0.25) is 11.7 Å². The second-order valence-electron chi connectivity index (χ2n) is 8.16. The predicted octanol–water partition coefficient (Wildman–Crippen LogP) is 5.67. The van der Waals surface area contributed by atoms with Crippen LogP contribution in [0.15, 0.2) is 87.9 Å². The van der Waals surface area contributed by atoms with E-state index in [0.29, 0.717) is 17.5 Å². The van der Waals surface area contributed by atoms with E-state index in [1.54, 1.807) is 6.07 Å². The fourth-order valence-electron chi connectivity index (χ4n) is 3.66. The molecule has 2 heterocycles. The molecule has 0 saturated heterocycles. The summed E-state index contributed by atoms with van der Waals surface area (Å²) in [5, 5.41) is 13.2. The van der Waals surface area contributed by atoms with Crippen molar-refractivity contribution in [1.29, 1.82) is 0 Å². The molecule has 33 heavy (non-hydrogen) atoms. The monoisotopic (exact) mass is 438 g/mol. The molecule has 1 amide bonds. The second-order valence-corrected chi connectivity index (χ2v) is 8.16. The zero-order valence-electron chi connectivity index (χ0n) is 18.2. The maximum atomic E-state index is 12.9. The Morgan fingerprint density at radius 3 is 2.36 bits per heavy atom. The van der Waals surface area contributed by atoms with Crippen LogP contribution in [0, 0.1) is 5.92 Å². The molecule has 2 aromatic heterocycles. The highest BCUT2D eigenvalue weighted by Gasteiger charge is 2.26. The van der Waals surface area contributed by atoms with Crippen LogP contribution in [0.1, 0.15) is 36.3 Å². The smallest absolute Gasteiger partial charge is 0.274 e. The van der Waals surface area contributed by atoms with E-state index in [1.165, 1.54) is 0 Å². The Balaban J connectivity index is 1.36. The summed E-state index contributed by atoms with van der Waals surface area (Å²) in [4.78, 5) is 17.4. The van der Waals surface area contributed by atoms with Crippen molar-refractivity contribution in [3.8, 4) is 22.7 Å². The van der Waals surface area contributed by atoms with Crippen molar-refractivity contribution in [3.05, 3.63) is 90.4 Å². The first-order chi connectivity index (χ1) is 16.1. The first-order valence-electron chi connectivity index (χ1n) is 10.7. The standard InChI is InChI=1S/C26H22N4O3/c1-16(2)23(26-28-24(30-33-26)18-9-4-3-5-10-18)27-25(31)21-15-22(32-29-21)20-13-12-17-8-6-7-11-19(17)14-20/h3-16,23H,1-2H3,(H,27,31). The van der Waals surface area contributed by atoms with Crippen molar-refractivity contribution in [2.24, 2.45) is 5.92 Å². The number of carbonyl (C=O) groups excluding carboxylic acids is 1. The van der Waals surface area contributed by atoms with Gasteiger partial charge in [-0.1, -0.05) is 90.9 Å². The minimum absolute atomic E-state index is 0.0184. The number of rotatable bonds is 6. The molecule has 0 radical (unpaired) electrons. The number of carbonyl (C=O) groups is 1. The number of amides is 1. The number of nitrogens with zero attached hydrogens (tertiary/aromatic N) is 3. The molecule has 0 aliphatic carbocycles. The van der Waals surface area contributed by atoms with E-state index >= 15 is 0 Å². The number of nitrogens with one attached hydrogen (secondary N) is 1. The van der Waals surface area contributed by atoms with Crippen molar-refractivity contribution in [3.63, 3.8) is 0 Å². The molecule has 1 unspecified atom stereocenters. The van der Waals surface area contributed by atoms with Crippen molar-refractivity contribution in [1.82, 2.24) is 20.6 Å². The SMILES string of the molecule is CC(C)C(NC(=O)c1cc(-c2ccc3ccccc3c2)on1)c1nc(-c2ccccc2)no1. The summed E-state index contributed by atoms with van der Waals surface area (Å²) in [6.07, 6.45) is 0. The molecular formula is C26H22N4O3. The summed E-state index contributed by atoms with van der Waals surface area (Å²) in [5.74, 6) is 0.992. The molecule has 0 saturated carbocycles.